The third-order valence-electron chi connectivity index (χ3n) is 5.03. The molecule has 0 bridgehead atoms. The van der Waals surface area contributed by atoms with Crippen LogP contribution in [-0.2, 0) is 11.2 Å². The molecule has 0 spiro atoms. The van der Waals surface area contributed by atoms with Crippen molar-refractivity contribution in [2.75, 3.05) is 6.61 Å². The Balaban J connectivity index is 2.10. The summed E-state index contributed by atoms with van der Waals surface area (Å²) in [6.07, 6.45) is 6.34. The number of carbonyl (C=O) groups excluding carboxylic acids is 2. The first-order valence-electron chi connectivity index (χ1n) is 8.17. The molecule has 1 heterocycles. The van der Waals surface area contributed by atoms with Gasteiger partial charge in [0.1, 0.15) is 0 Å². The predicted octanol–water partition coefficient (Wildman–Crippen LogP) is 2.17. The van der Waals surface area contributed by atoms with E-state index in [0.717, 1.165) is 37.8 Å². The van der Waals surface area contributed by atoms with Crippen LogP contribution in [0.1, 0.15) is 59.0 Å². The molecule has 0 amide bonds. The first kappa shape index (κ1) is 15.3. The maximum Gasteiger partial charge on any atom is 0.413 e. The van der Waals surface area contributed by atoms with Gasteiger partial charge in [-0.3, -0.25) is 4.79 Å². The van der Waals surface area contributed by atoms with Crippen LogP contribution in [0.2, 0.25) is 6.82 Å². The second-order valence-electron chi connectivity index (χ2n) is 6.32. The Morgan fingerprint density at radius 2 is 2.23 bits per heavy atom. The van der Waals surface area contributed by atoms with Crippen LogP contribution in [0.5, 0.6) is 0 Å². The van der Waals surface area contributed by atoms with E-state index in [1.54, 1.807) is 24.4 Å². The van der Waals surface area contributed by atoms with Crippen LogP contribution in [0.4, 0.5) is 0 Å². The zero-order valence-corrected chi connectivity index (χ0v) is 13.2. The van der Waals surface area contributed by atoms with Crippen molar-refractivity contribution in [1.29, 1.82) is 0 Å². The highest BCUT2D eigenvalue weighted by Gasteiger charge is 2.40. The van der Waals surface area contributed by atoms with Crippen LogP contribution in [0, 0.1) is 11.8 Å². The maximum atomic E-state index is 13.0. The molecule has 1 N–H and O–H groups in total. The van der Waals surface area contributed by atoms with Gasteiger partial charge in [-0.1, -0.05) is 6.42 Å². The number of esters is 1. The molecule has 2 atom stereocenters. The van der Waals surface area contributed by atoms with Crippen molar-refractivity contribution in [3.63, 3.8) is 0 Å². The van der Waals surface area contributed by atoms with Crippen molar-refractivity contribution in [3.8, 4) is 0 Å². The normalized spacial score (nSPS) is 23.7. The summed E-state index contributed by atoms with van der Waals surface area (Å²) in [6, 6.07) is 0. The molecule has 2 aliphatic carbocycles. The molecule has 1 aromatic rings. The Labute approximate surface area is 130 Å². The van der Waals surface area contributed by atoms with Gasteiger partial charge in [0.05, 0.1) is 17.7 Å². The van der Waals surface area contributed by atoms with Crippen molar-refractivity contribution in [1.82, 2.24) is 4.48 Å². The van der Waals surface area contributed by atoms with Crippen LogP contribution >= 0.6 is 0 Å². The molecule has 2 aliphatic rings. The largest absolute Gasteiger partial charge is 0.462 e. The van der Waals surface area contributed by atoms with Gasteiger partial charge >= 0.3 is 13.0 Å². The van der Waals surface area contributed by atoms with Crippen LogP contribution in [0.3, 0.4) is 0 Å². The second kappa shape index (κ2) is 5.91. The molecule has 118 valence electrons. The zero-order valence-electron chi connectivity index (χ0n) is 13.2. The average molecular weight is 303 g/mol. The van der Waals surface area contributed by atoms with E-state index in [-0.39, 0.29) is 18.3 Å². The number of rotatable bonds is 3. The van der Waals surface area contributed by atoms with Crippen LogP contribution in [0.25, 0.3) is 0 Å². The Bertz CT molecular complexity index is 608. The highest BCUT2D eigenvalue weighted by atomic mass is 16.5. The molecule has 1 saturated carbocycles. The topological polar surface area (TPSA) is 68.5 Å². The third-order valence-corrected chi connectivity index (χ3v) is 5.03. The van der Waals surface area contributed by atoms with Gasteiger partial charge in [-0.2, -0.15) is 0 Å². The number of ketones is 1. The van der Waals surface area contributed by atoms with Crippen LogP contribution in [0.15, 0.2) is 6.20 Å². The number of Topliss-reactive ketones (excluding diaryl/α,β-unsaturated/α-hetero) is 1. The summed E-state index contributed by atoms with van der Waals surface area (Å²) in [4.78, 5) is 25.2. The zero-order chi connectivity index (χ0) is 15.9. The van der Waals surface area contributed by atoms with Gasteiger partial charge in [-0.25, -0.2) is 4.79 Å². The number of ether oxygens (including phenoxy) is 1. The van der Waals surface area contributed by atoms with Gasteiger partial charge in [0.25, 0.3) is 0 Å². The highest BCUT2D eigenvalue weighted by molar-refractivity contribution is 6.47. The minimum Gasteiger partial charge on any atom is -0.462 e. The summed E-state index contributed by atoms with van der Waals surface area (Å²) in [5, 5.41) is 9.99. The van der Waals surface area contributed by atoms with E-state index in [1.165, 1.54) is 0 Å². The van der Waals surface area contributed by atoms with Crippen molar-refractivity contribution in [3.05, 3.63) is 23.0 Å². The quantitative estimate of drug-likeness (QED) is 0.686. The molecule has 1 fully saturated rings. The number of aromatic nitrogens is 1. The molecule has 6 heteroatoms. The van der Waals surface area contributed by atoms with Gasteiger partial charge in [0.2, 0.25) is 0 Å². The van der Waals surface area contributed by atoms with E-state index in [2.05, 4.69) is 0 Å². The third kappa shape index (κ3) is 2.39. The van der Waals surface area contributed by atoms with Crippen LogP contribution < -0.4 is 0 Å². The maximum absolute atomic E-state index is 13.0. The molecule has 22 heavy (non-hydrogen) atoms. The standard InChI is InChI=1S/C16H22BNO4/c1-3-22-16(20)12-9-18(17(2)21)13-8-7-10-5-4-6-11(10)15(19)14(12)13/h9-11,21H,3-8H2,1-2H3. The van der Waals surface area contributed by atoms with Crippen molar-refractivity contribution < 1.29 is 19.3 Å². The Morgan fingerprint density at radius 3 is 2.91 bits per heavy atom. The predicted molar refractivity (Wildman–Crippen MR) is 83.1 cm³/mol. The smallest absolute Gasteiger partial charge is 0.413 e. The number of nitrogens with zero attached hydrogens (tertiary/aromatic N) is 1. The average Bonchev–Trinajstić information content (AvgIpc) is 3.06. The van der Waals surface area contributed by atoms with Gasteiger partial charge < -0.3 is 14.2 Å². The van der Waals surface area contributed by atoms with E-state index in [1.807, 2.05) is 0 Å². The first-order valence-corrected chi connectivity index (χ1v) is 8.17. The molecule has 5 nitrogen and oxygen atoms in total. The summed E-state index contributed by atoms with van der Waals surface area (Å²) >= 11 is 0. The van der Waals surface area contributed by atoms with Gasteiger partial charge in [-0.05, 0) is 45.3 Å². The number of carbonyl (C=O) groups is 2. The molecule has 0 aliphatic heterocycles. The van der Waals surface area contributed by atoms with Crippen molar-refractivity contribution in [2.24, 2.45) is 11.8 Å². The molecular formula is C16H22BNO4. The monoisotopic (exact) mass is 303 g/mol. The van der Waals surface area contributed by atoms with E-state index >= 15 is 0 Å². The molecule has 0 radical (unpaired) electrons. The minimum atomic E-state index is -0.761. The summed E-state index contributed by atoms with van der Waals surface area (Å²) in [7, 11) is -0.761. The highest BCUT2D eigenvalue weighted by Crippen LogP contribution is 2.41. The van der Waals surface area contributed by atoms with Gasteiger partial charge in [0.15, 0.2) is 5.78 Å². The summed E-state index contributed by atoms with van der Waals surface area (Å²) < 4.78 is 6.75. The Kier molecular flexibility index (Phi) is 4.13. The summed E-state index contributed by atoms with van der Waals surface area (Å²) in [5.41, 5.74) is 1.60. The summed E-state index contributed by atoms with van der Waals surface area (Å²) in [5.74, 6) is 0.0390. The van der Waals surface area contributed by atoms with E-state index in [0.29, 0.717) is 17.0 Å². The summed E-state index contributed by atoms with van der Waals surface area (Å²) in [6.45, 7) is 3.66. The molecular weight excluding hydrogens is 281 g/mol. The van der Waals surface area contributed by atoms with E-state index in [4.69, 9.17) is 4.74 Å². The van der Waals surface area contributed by atoms with E-state index in [9.17, 15) is 14.6 Å². The number of hydrogen-bond donors (Lipinski definition) is 1. The molecule has 3 rings (SSSR count). The van der Waals surface area contributed by atoms with Crippen molar-refractivity contribution in [2.45, 2.75) is 45.9 Å². The Morgan fingerprint density at radius 1 is 1.45 bits per heavy atom. The molecule has 2 unspecified atom stereocenters. The fourth-order valence-corrected chi connectivity index (χ4v) is 4.03. The van der Waals surface area contributed by atoms with Crippen LogP contribution in [-0.4, -0.2) is 34.9 Å². The fraction of sp³-hybridized carbons (Fsp3) is 0.625. The lowest BCUT2D eigenvalue weighted by atomic mass is 9.87. The van der Waals surface area contributed by atoms with E-state index < -0.39 is 13.0 Å². The van der Waals surface area contributed by atoms with Crippen molar-refractivity contribution >= 4 is 18.8 Å². The Hall–Kier alpha value is -1.56. The van der Waals surface area contributed by atoms with Gasteiger partial charge in [-0.15, -0.1) is 0 Å². The minimum absolute atomic E-state index is 0.0271. The van der Waals surface area contributed by atoms with Gasteiger partial charge in [0, 0.05) is 17.8 Å². The first-order chi connectivity index (χ1) is 10.5. The lowest BCUT2D eigenvalue weighted by molar-refractivity contribution is 0.0522. The number of hydrogen-bond acceptors (Lipinski definition) is 4. The number of fused-ring (bicyclic) bond motifs is 2. The second-order valence-corrected chi connectivity index (χ2v) is 6.32. The molecule has 0 saturated heterocycles. The lowest BCUT2D eigenvalue weighted by Gasteiger charge is -2.14. The fourth-order valence-electron chi connectivity index (χ4n) is 4.03. The molecule has 0 aromatic carbocycles. The molecule has 1 aromatic heterocycles. The SMILES string of the molecule is CCOC(=O)c1cn(B(C)O)c2c1C(=O)C1CCCC1CC2. The lowest BCUT2D eigenvalue weighted by Crippen LogP contribution is -2.21.